The zero-order valence-corrected chi connectivity index (χ0v) is 9.77. The van der Waals surface area contributed by atoms with Gasteiger partial charge in [-0.3, -0.25) is 4.90 Å². The zero-order chi connectivity index (χ0) is 12.7. The first-order valence-corrected chi connectivity index (χ1v) is 5.62. The lowest BCUT2D eigenvalue weighted by Gasteiger charge is -2.21. The van der Waals surface area contributed by atoms with E-state index in [1.165, 1.54) is 12.1 Å². The second-order valence-corrected chi connectivity index (χ2v) is 3.84. The molecule has 1 aromatic carbocycles. The van der Waals surface area contributed by atoms with Crippen molar-refractivity contribution in [1.82, 2.24) is 4.90 Å². The molecule has 1 rings (SSSR count). The third kappa shape index (κ3) is 4.40. The third-order valence-electron chi connectivity index (χ3n) is 2.61. The molecule has 0 amide bonds. The molecular formula is C12H19FN2O2. The van der Waals surface area contributed by atoms with Crippen molar-refractivity contribution in [3.05, 3.63) is 35.1 Å². The van der Waals surface area contributed by atoms with Gasteiger partial charge in [0.1, 0.15) is 5.82 Å². The molecule has 0 radical (unpaired) electrons. The van der Waals surface area contributed by atoms with E-state index in [1.807, 2.05) is 4.90 Å². The average molecular weight is 242 g/mol. The van der Waals surface area contributed by atoms with Crippen LogP contribution >= 0.6 is 0 Å². The number of aliphatic hydroxyl groups is 2. The van der Waals surface area contributed by atoms with Crippen LogP contribution < -0.4 is 5.73 Å². The van der Waals surface area contributed by atoms with Gasteiger partial charge >= 0.3 is 0 Å². The van der Waals surface area contributed by atoms with Gasteiger partial charge in [0.25, 0.3) is 0 Å². The van der Waals surface area contributed by atoms with Crippen LogP contribution in [0.5, 0.6) is 0 Å². The Bertz CT molecular complexity index is 341. The summed E-state index contributed by atoms with van der Waals surface area (Å²) in [7, 11) is 0. The summed E-state index contributed by atoms with van der Waals surface area (Å²) in [6.45, 7) is 1.83. The van der Waals surface area contributed by atoms with Crippen LogP contribution in [0.1, 0.15) is 11.1 Å². The van der Waals surface area contributed by atoms with Gasteiger partial charge in [0.2, 0.25) is 0 Å². The molecule has 0 fully saturated rings. The summed E-state index contributed by atoms with van der Waals surface area (Å²) in [5.74, 6) is -0.301. The van der Waals surface area contributed by atoms with E-state index in [0.717, 1.165) is 11.1 Å². The van der Waals surface area contributed by atoms with Crippen LogP contribution in [-0.2, 0) is 13.1 Å². The maximum absolute atomic E-state index is 13.0. The molecule has 0 saturated heterocycles. The van der Waals surface area contributed by atoms with Gasteiger partial charge < -0.3 is 15.9 Å². The number of benzene rings is 1. The van der Waals surface area contributed by atoms with Crippen molar-refractivity contribution in [1.29, 1.82) is 0 Å². The van der Waals surface area contributed by atoms with Gasteiger partial charge in [-0.25, -0.2) is 4.39 Å². The van der Waals surface area contributed by atoms with E-state index in [-0.39, 0.29) is 25.6 Å². The number of halogens is 1. The molecule has 0 saturated carbocycles. The van der Waals surface area contributed by atoms with Crippen molar-refractivity contribution in [2.45, 2.75) is 13.1 Å². The summed E-state index contributed by atoms with van der Waals surface area (Å²) >= 11 is 0. The normalized spacial score (nSPS) is 11.1. The fourth-order valence-corrected chi connectivity index (χ4v) is 1.73. The molecule has 0 spiro atoms. The average Bonchev–Trinajstić information content (AvgIpc) is 2.32. The summed E-state index contributed by atoms with van der Waals surface area (Å²) in [5, 5.41) is 17.8. The highest BCUT2D eigenvalue weighted by atomic mass is 19.1. The highest BCUT2D eigenvalue weighted by molar-refractivity contribution is 5.27. The third-order valence-corrected chi connectivity index (χ3v) is 2.61. The van der Waals surface area contributed by atoms with Crippen molar-refractivity contribution < 1.29 is 14.6 Å². The topological polar surface area (TPSA) is 69.7 Å². The van der Waals surface area contributed by atoms with Crippen molar-refractivity contribution in [3.8, 4) is 0 Å². The van der Waals surface area contributed by atoms with Gasteiger partial charge in [-0.1, -0.05) is 6.07 Å². The van der Waals surface area contributed by atoms with Crippen LogP contribution in [-0.4, -0.2) is 41.4 Å². The summed E-state index contributed by atoms with van der Waals surface area (Å²) in [6, 6.07) is 4.51. The van der Waals surface area contributed by atoms with E-state index in [2.05, 4.69) is 0 Å². The van der Waals surface area contributed by atoms with Crippen LogP contribution in [0.15, 0.2) is 18.2 Å². The van der Waals surface area contributed by atoms with Crippen molar-refractivity contribution in [3.63, 3.8) is 0 Å². The second-order valence-electron chi connectivity index (χ2n) is 3.84. The minimum atomic E-state index is -0.301. The Hall–Kier alpha value is -1.01. The fraction of sp³-hybridized carbons (Fsp3) is 0.500. The number of nitrogens with zero attached hydrogens (tertiary/aromatic N) is 1. The van der Waals surface area contributed by atoms with Gasteiger partial charge in [-0.2, -0.15) is 0 Å². The number of hydrogen-bond acceptors (Lipinski definition) is 4. The Labute approximate surface area is 100 Å². The first kappa shape index (κ1) is 14.1. The monoisotopic (exact) mass is 242 g/mol. The van der Waals surface area contributed by atoms with Crippen LogP contribution in [0.4, 0.5) is 4.39 Å². The Morgan fingerprint density at radius 3 is 2.29 bits per heavy atom. The van der Waals surface area contributed by atoms with Crippen LogP contribution in [0.3, 0.4) is 0 Å². The molecule has 4 nitrogen and oxygen atoms in total. The fourth-order valence-electron chi connectivity index (χ4n) is 1.73. The Morgan fingerprint density at radius 2 is 1.76 bits per heavy atom. The highest BCUT2D eigenvalue weighted by Crippen LogP contribution is 2.13. The van der Waals surface area contributed by atoms with Crippen LogP contribution in [0, 0.1) is 5.82 Å². The maximum atomic E-state index is 13.0. The lowest BCUT2D eigenvalue weighted by Crippen LogP contribution is -2.30. The molecule has 0 atom stereocenters. The molecule has 96 valence electrons. The molecule has 1 aromatic rings. The summed E-state index contributed by atoms with van der Waals surface area (Å²) in [6.07, 6.45) is 0. The molecule has 5 heteroatoms. The molecule has 0 aromatic heterocycles. The first-order chi connectivity index (χ1) is 8.21. The minimum Gasteiger partial charge on any atom is -0.395 e. The molecular weight excluding hydrogens is 223 g/mol. The Kier molecular flexibility index (Phi) is 6.07. The molecule has 0 bridgehead atoms. The standard InChI is InChI=1S/C12H19FN2O2/c13-12-2-1-10(11(7-12)8-14)9-15(3-5-16)4-6-17/h1-2,7,16-17H,3-6,8-9,14H2. The van der Waals surface area contributed by atoms with E-state index in [9.17, 15) is 4.39 Å². The number of nitrogens with two attached hydrogens (primary N) is 1. The predicted octanol–water partition coefficient (Wildman–Crippen LogP) is 0.0710. The smallest absolute Gasteiger partial charge is 0.123 e. The number of rotatable bonds is 7. The Morgan fingerprint density at radius 1 is 1.12 bits per heavy atom. The summed E-state index contributed by atoms with van der Waals surface area (Å²) in [5.41, 5.74) is 7.24. The largest absolute Gasteiger partial charge is 0.395 e. The molecule has 0 aliphatic heterocycles. The van der Waals surface area contributed by atoms with E-state index >= 15 is 0 Å². The molecule has 0 unspecified atom stereocenters. The lowest BCUT2D eigenvalue weighted by atomic mass is 10.1. The zero-order valence-electron chi connectivity index (χ0n) is 9.77. The number of aliphatic hydroxyl groups excluding tert-OH is 2. The van der Waals surface area contributed by atoms with Gasteiger partial charge in [0.05, 0.1) is 13.2 Å². The van der Waals surface area contributed by atoms with Crippen LogP contribution in [0.2, 0.25) is 0 Å². The quantitative estimate of drug-likeness (QED) is 0.633. The molecule has 17 heavy (non-hydrogen) atoms. The molecule has 0 aliphatic carbocycles. The lowest BCUT2D eigenvalue weighted by molar-refractivity contribution is 0.155. The van der Waals surface area contributed by atoms with E-state index in [0.29, 0.717) is 19.6 Å². The summed E-state index contributed by atoms with van der Waals surface area (Å²) < 4.78 is 13.0. The van der Waals surface area contributed by atoms with Crippen LogP contribution in [0.25, 0.3) is 0 Å². The van der Waals surface area contributed by atoms with Crippen molar-refractivity contribution >= 4 is 0 Å². The van der Waals surface area contributed by atoms with Crippen molar-refractivity contribution in [2.24, 2.45) is 5.73 Å². The van der Waals surface area contributed by atoms with E-state index < -0.39 is 0 Å². The highest BCUT2D eigenvalue weighted by Gasteiger charge is 2.08. The van der Waals surface area contributed by atoms with Crippen molar-refractivity contribution in [2.75, 3.05) is 26.3 Å². The van der Waals surface area contributed by atoms with E-state index in [1.54, 1.807) is 6.07 Å². The van der Waals surface area contributed by atoms with Gasteiger partial charge in [0.15, 0.2) is 0 Å². The van der Waals surface area contributed by atoms with Gasteiger partial charge in [-0.15, -0.1) is 0 Å². The SMILES string of the molecule is NCc1cc(F)ccc1CN(CCO)CCO. The molecule has 0 aliphatic rings. The van der Waals surface area contributed by atoms with Gasteiger partial charge in [0, 0.05) is 26.2 Å². The van der Waals surface area contributed by atoms with Gasteiger partial charge in [-0.05, 0) is 23.3 Å². The van der Waals surface area contributed by atoms with E-state index in [4.69, 9.17) is 15.9 Å². The summed E-state index contributed by atoms with van der Waals surface area (Å²) in [4.78, 5) is 1.90. The maximum Gasteiger partial charge on any atom is 0.123 e. The molecule has 0 heterocycles. The first-order valence-electron chi connectivity index (χ1n) is 5.62. The minimum absolute atomic E-state index is 0.0269. The Balaban J connectivity index is 2.76. The predicted molar refractivity (Wildman–Crippen MR) is 63.7 cm³/mol. The number of hydrogen-bond donors (Lipinski definition) is 3. The second kappa shape index (κ2) is 7.34. The molecule has 4 N–H and O–H groups in total.